The highest BCUT2D eigenvalue weighted by atomic mass is 35.5. The van der Waals surface area contributed by atoms with E-state index in [1.165, 1.54) is 6.20 Å². The third kappa shape index (κ3) is 5.47. The van der Waals surface area contributed by atoms with Crippen LogP contribution >= 0.6 is 11.6 Å². The molecule has 1 aliphatic rings. The Morgan fingerprint density at radius 1 is 1.05 bits per heavy atom. The lowest BCUT2D eigenvalue weighted by Gasteiger charge is -2.32. The molecule has 206 valence electrons. The zero-order valence-electron chi connectivity index (χ0n) is 22.9. The lowest BCUT2D eigenvalue weighted by atomic mass is 9.69. The van der Waals surface area contributed by atoms with Crippen LogP contribution in [0, 0.1) is 34.0 Å². The molecule has 0 bridgehead atoms. The minimum atomic E-state index is -1.39. The van der Waals surface area contributed by atoms with Crippen LogP contribution in [0.4, 0.5) is 11.4 Å². The van der Waals surface area contributed by atoms with E-state index in [4.69, 9.17) is 19.4 Å². The van der Waals surface area contributed by atoms with Crippen LogP contribution < -0.4 is 10.6 Å². The molecule has 1 saturated carbocycles. The number of nitrogens with zero attached hydrogens (tertiary/aromatic N) is 7. The van der Waals surface area contributed by atoms with Gasteiger partial charge in [-0.2, -0.15) is 15.8 Å². The SMILES string of the molecule is [B]C(Nc1cc(Cl)c2ncc(C#N)c(N[C@H](CC#N)c3ccccc3)c2c1)(c1cccc(C#N)c1)c1cn(C2CC2)nn1. The first-order valence-electron chi connectivity index (χ1n) is 13.6. The van der Waals surface area contributed by atoms with Crippen molar-refractivity contribution in [1.29, 1.82) is 15.8 Å². The average molecular weight is 580 g/mol. The molecule has 11 heteroatoms. The molecule has 5 aromatic rings. The van der Waals surface area contributed by atoms with Gasteiger partial charge >= 0.3 is 0 Å². The van der Waals surface area contributed by atoms with Gasteiger partial charge in [-0.3, -0.25) is 4.98 Å². The maximum Gasteiger partial charge on any atom is 0.119 e. The van der Waals surface area contributed by atoms with Crippen molar-refractivity contribution in [3.8, 4) is 18.2 Å². The fourth-order valence-electron chi connectivity index (χ4n) is 5.10. The predicted molar refractivity (Wildman–Crippen MR) is 164 cm³/mol. The van der Waals surface area contributed by atoms with Gasteiger partial charge in [0.2, 0.25) is 0 Å². The zero-order chi connectivity index (χ0) is 30.0. The standard InChI is InChI=1S/C32H23BClN9/c33-32(23-8-4-5-20(13-23)16-36,29-19-43(42-41-29)25-9-10-25)40-24-14-26-30(22(17-37)18-38-31(26)27(34)15-24)39-28(11-12-35)21-6-2-1-3-7-21/h1-8,13-15,18-19,25,28,40H,9-11H2,(H,38,39)/t28-,32?/m1/s1. The van der Waals surface area contributed by atoms with E-state index in [0.29, 0.717) is 55.7 Å². The highest BCUT2D eigenvalue weighted by molar-refractivity contribution is 6.36. The fourth-order valence-corrected chi connectivity index (χ4v) is 5.36. The maximum atomic E-state index is 10.0. The van der Waals surface area contributed by atoms with Crippen LogP contribution in [-0.2, 0) is 5.44 Å². The molecule has 9 nitrogen and oxygen atoms in total. The third-order valence-corrected chi connectivity index (χ3v) is 7.77. The third-order valence-electron chi connectivity index (χ3n) is 7.49. The van der Waals surface area contributed by atoms with Crippen LogP contribution in [0.3, 0.4) is 0 Å². The summed E-state index contributed by atoms with van der Waals surface area (Å²) in [5.41, 5.74) is 2.82. The summed E-state index contributed by atoms with van der Waals surface area (Å²) in [4.78, 5) is 4.46. The van der Waals surface area contributed by atoms with E-state index in [0.717, 1.165) is 18.4 Å². The van der Waals surface area contributed by atoms with Crippen molar-refractivity contribution in [2.75, 3.05) is 10.6 Å². The van der Waals surface area contributed by atoms with Gasteiger partial charge in [-0.1, -0.05) is 59.3 Å². The number of hydrogen-bond acceptors (Lipinski definition) is 8. The van der Waals surface area contributed by atoms with Gasteiger partial charge in [0, 0.05) is 17.3 Å². The number of nitrogens with one attached hydrogen (secondary N) is 2. The summed E-state index contributed by atoms with van der Waals surface area (Å²) in [6.45, 7) is 0. The monoisotopic (exact) mass is 579 g/mol. The van der Waals surface area contributed by atoms with Gasteiger partial charge in [-0.25, -0.2) is 4.68 Å². The summed E-state index contributed by atoms with van der Waals surface area (Å²) in [5, 5.41) is 45.6. The lowest BCUT2D eigenvalue weighted by Crippen LogP contribution is -2.38. The highest BCUT2D eigenvalue weighted by Crippen LogP contribution is 2.39. The Balaban J connectivity index is 1.48. The minimum Gasteiger partial charge on any atom is -0.378 e. The van der Waals surface area contributed by atoms with Crippen LogP contribution in [-0.4, -0.2) is 27.8 Å². The lowest BCUT2D eigenvalue weighted by molar-refractivity contribution is 0.610. The molecule has 0 aliphatic heterocycles. The topological polar surface area (TPSA) is 139 Å². The first-order valence-corrected chi connectivity index (χ1v) is 14.0. The Hall–Kier alpha value is -5.37. The Morgan fingerprint density at radius 2 is 1.86 bits per heavy atom. The van der Waals surface area contributed by atoms with Crippen LogP contribution in [0.2, 0.25) is 5.02 Å². The molecule has 1 unspecified atom stereocenters. The van der Waals surface area contributed by atoms with Crippen molar-refractivity contribution in [1.82, 2.24) is 20.0 Å². The van der Waals surface area contributed by atoms with Crippen molar-refractivity contribution in [2.45, 2.75) is 36.8 Å². The van der Waals surface area contributed by atoms with Gasteiger partial charge < -0.3 is 10.6 Å². The molecule has 43 heavy (non-hydrogen) atoms. The van der Waals surface area contributed by atoms with Crippen LogP contribution in [0.15, 0.2) is 79.1 Å². The van der Waals surface area contributed by atoms with Crippen molar-refractivity contribution in [3.63, 3.8) is 0 Å². The average Bonchev–Trinajstić information content (AvgIpc) is 3.76. The molecular weight excluding hydrogens is 557 g/mol. The smallest absolute Gasteiger partial charge is 0.119 e. The van der Waals surface area contributed by atoms with E-state index in [9.17, 15) is 15.8 Å². The summed E-state index contributed by atoms with van der Waals surface area (Å²) >= 11 is 6.79. The van der Waals surface area contributed by atoms with E-state index in [1.807, 2.05) is 53.3 Å². The molecule has 2 N–H and O–H groups in total. The van der Waals surface area contributed by atoms with Crippen LogP contribution in [0.25, 0.3) is 10.9 Å². The largest absolute Gasteiger partial charge is 0.378 e. The summed E-state index contributed by atoms with van der Waals surface area (Å²) in [7, 11) is 7.12. The number of rotatable bonds is 9. The van der Waals surface area contributed by atoms with Crippen molar-refractivity contribution >= 4 is 41.7 Å². The molecule has 1 aliphatic carbocycles. The molecule has 2 radical (unpaired) electrons. The first-order chi connectivity index (χ1) is 20.9. The number of anilines is 2. The summed E-state index contributed by atoms with van der Waals surface area (Å²) in [6.07, 6.45) is 5.51. The molecule has 2 aromatic heterocycles. The van der Waals surface area contributed by atoms with E-state index in [1.54, 1.807) is 24.3 Å². The maximum absolute atomic E-state index is 10.0. The normalized spacial score (nSPS) is 14.6. The number of halogens is 1. The van der Waals surface area contributed by atoms with Gasteiger partial charge in [0.05, 0.1) is 69.6 Å². The number of aromatic nitrogens is 4. The molecular formula is C32H23BClN9. The highest BCUT2D eigenvalue weighted by Gasteiger charge is 2.34. The number of pyridine rings is 1. The van der Waals surface area contributed by atoms with Gasteiger partial charge in [0.1, 0.15) is 19.6 Å². The zero-order valence-corrected chi connectivity index (χ0v) is 23.6. The van der Waals surface area contributed by atoms with Crippen molar-refractivity contribution in [3.05, 3.63) is 112 Å². The molecule has 6 rings (SSSR count). The van der Waals surface area contributed by atoms with Crippen molar-refractivity contribution < 1.29 is 0 Å². The van der Waals surface area contributed by atoms with Crippen LogP contribution in [0.1, 0.15) is 59.3 Å². The fraction of sp³-hybridized carbons (Fsp3) is 0.188. The number of hydrogen-bond donors (Lipinski definition) is 2. The Morgan fingerprint density at radius 3 is 2.58 bits per heavy atom. The molecule has 2 heterocycles. The Bertz CT molecular complexity index is 1950. The molecule has 0 amide bonds. The van der Waals surface area contributed by atoms with Gasteiger partial charge in [-0.15, -0.1) is 5.10 Å². The number of fused-ring (bicyclic) bond motifs is 1. The van der Waals surface area contributed by atoms with E-state index in [2.05, 4.69) is 44.1 Å². The van der Waals surface area contributed by atoms with Gasteiger partial charge in [-0.05, 0) is 48.2 Å². The van der Waals surface area contributed by atoms with E-state index < -0.39 is 5.44 Å². The van der Waals surface area contributed by atoms with Crippen LogP contribution in [0.5, 0.6) is 0 Å². The summed E-state index contributed by atoms with van der Waals surface area (Å²) in [5.74, 6) is 0. The second-order valence-corrected chi connectivity index (χ2v) is 10.8. The molecule has 1 fully saturated rings. The Kier molecular flexibility index (Phi) is 7.42. The van der Waals surface area contributed by atoms with Gasteiger partial charge in [0.25, 0.3) is 0 Å². The number of nitriles is 3. The number of benzene rings is 3. The summed E-state index contributed by atoms with van der Waals surface area (Å²) < 4.78 is 1.81. The van der Waals surface area contributed by atoms with E-state index >= 15 is 0 Å². The molecule has 3 aromatic carbocycles. The molecule has 2 atom stereocenters. The Labute approximate surface area is 254 Å². The van der Waals surface area contributed by atoms with Gasteiger partial charge in [0.15, 0.2) is 0 Å². The van der Waals surface area contributed by atoms with E-state index in [-0.39, 0.29) is 12.5 Å². The summed E-state index contributed by atoms with van der Waals surface area (Å²) in [6, 6.07) is 26.6. The second kappa shape index (κ2) is 11.5. The quantitative estimate of drug-likeness (QED) is 0.200. The molecule has 0 spiro atoms. The van der Waals surface area contributed by atoms with Crippen molar-refractivity contribution in [2.24, 2.45) is 0 Å². The minimum absolute atomic E-state index is 0.169. The first kappa shape index (κ1) is 27.8. The second-order valence-electron chi connectivity index (χ2n) is 10.4. The molecule has 0 saturated heterocycles. The predicted octanol–water partition coefficient (Wildman–Crippen LogP) is 6.11.